The van der Waals surface area contributed by atoms with Gasteiger partial charge in [0, 0.05) is 13.1 Å². The predicted molar refractivity (Wildman–Crippen MR) is 79.5 cm³/mol. The summed E-state index contributed by atoms with van der Waals surface area (Å²) in [5.41, 5.74) is 1.11. The van der Waals surface area contributed by atoms with Crippen LogP contribution in [0.2, 0.25) is 0 Å². The molecular formula is C16H27NO2. The molecule has 0 radical (unpaired) electrons. The standard InChI is InChI=1S/C16H27NO2/c1-12(2)19-14-8-6-7-13(9-14)15(18)10-17-11-16(3,4)5/h6-9,12,15,17-18H,10-11H2,1-5H3. The molecule has 0 heterocycles. The van der Waals surface area contributed by atoms with Gasteiger partial charge in [-0.25, -0.2) is 0 Å². The van der Waals surface area contributed by atoms with Crippen LogP contribution in [-0.2, 0) is 0 Å². The number of hydrogen-bond acceptors (Lipinski definition) is 3. The van der Waals surface area contributed by atoms with E-state index in [1.807, 2.05) is 38.1 Å². The predicted octanol–water partition coefficient (Wildman–Crippen LogP) is 3.14. The molecule has 1 atom stereocenters. The van der Waals surface area contributed by atoms with Gasteiger partial charge >= 0.3 is 0 Å². The molecule has 1 aromatic carbocycles. The molecule has 1 aromatic rings. The number of hydrogen-bond donors (Lipinski definition) is 2. The van der Waals surface area contributed by atoms with Gasteiger partial charge in [-0.2, -0.15) is 0 Å². The van der Waals surface area contributed by atoms with Crippen molar-refractivity contribution < 1.29 is 9.84 Å². The van der Waals surface area contributed by atoms with Crippen LogP contribution in [0.25, 0.3) is 0 Å². The fraction of sp³-hybridized carbons (Fsp3) is 0.625. The van der Waals surface area contributed by atoms with E-state index in [0.717, 1.165) is 17.9 Å². The zero-order chi connectivity index (χ0) is 14.5. The van der Waals surface area contributed by atoms with Crippen LogP contribution >= 0.6 is 0 Å². The molecule has 1 unspecified atom stereocenters. The quantitative estimate of drug-likeness (QED) is 0.830. The van der Waals surface area contributed by atoms with E-state index in [1.165, 1.54) is 0 Å². The second-order valence-corrected chi connectivity index (χ2v) is 6.45. The van der Waals surface area contributed by atoms with Gasteiger partial charge in [-0.05, 0) is 37.0 Å². The third kappa shape index (κ3) is 6.60. The zero-order valence-electron chi connectivity index (χ0n) is 12.7. The second-order valence-electron chi connectivity index (χ2n) is 6.45. The van der Waals surface area contributed by atoms with Gasteiger partial charge in [0.1, 0.15) is 5.75 Å². The third-order valence-electron chi connectivity index (χ3n) is 2.61. The molecule has 0 aromatic heterocycles. The number of nitrogens with one attached hydrogen (secondary N) is 1. The largest absolute Gasteiger partial charge is 0.491 e. The van der Waals surface area contributed by atoms with Crippen LogP contribution in [0.3, 0.4) is 0 Å². The highest BCUT2D eigenvalue weighted by Crippen LogP contribution is 2.20. The van der Waals surface area contributed by atoms with Gasteiger partial charge in [-0.3, -0.25) is 0 Å². The highest BCUT2D eigenvalue weighted by molar-refractivity contribution is 5.30. The van der Waals surface area contributed by atoms with Gasteiger partial charge in [-0.1, -0.05) is 32.9 Å². The van der Waals surface area contributed by atoms with E-state index in [-0.39, 0.29) is 11.5 Å². The van der Waals surface area contributed by atoms with E-state index in [4.69, 9.17) is 4.74 Å². The molecule has 2 N–H and O–H groups in total. The minimum Gasteiger partial charge on any atom is -0.491 e. The van der Waals surface area contributed by atoms with E-state index < -0.39 is 6.10 Å². The van der Waals surface area contributed by atoms with Crippen LogP contribution in [0.4, 0.5) is 0 Å². The highest BCUT2D eigenvalue weighted by atomic mass is 16.5. The molecule has 3 nitrogen and oxygen atoms in total. The molecule has 0 fully saturated rings. The summed E-state index contributed by atoms with van der Waals surface area (Å²) < 4.78 is 5.63. The fourth-order valence-corrected chi connectivity index (χ4v) is 1.77. The number of aliphatic hydroxyl groups is 1. The average molecular weight is 265 g/mol. The van der Waals surface area contributed by atoms with Gasteiger partial charge < -0.3 is 15.2 Å². The Labute approximate surface area is 117 Å². The molecule has 0 aliphatic heterocycles. The Balaban J connectivity index is 2.54. The third-order valence-corrected chi connectivity index (χ3v) is 2.61. The van der Waals surface area contributed by atoms with Gasteiger partial charge in [0.15, 0.2) is 0 Å². The molecule has 3 heteroatoms. The summed E-state index contributed by atoms with van der Waals surface area (Å²) in [4.78, 5) is 0. The number of benzene rings is 1. The first-order valence-electron chi connectivity index (χ1n) is 6.93. The summed E-state index contributed by atoms with van der Waals surface area (Å²) >= 11 is 0. The summed E-state index contributed by atoms with van der Waals surface area (Å²) in [5, 5.41) is 13.5. The van der Waals surface area contributed by atoms with Crippen molar-refractivity contribution in [2.75, 3.05) is 13.1 Å². The van der Waals surface area contributed by atoms with Crippen molar-refractivity contribution >= 4 is 0 Å². The molecular weight excluding hydrogens is 238 g/mol. The highest BCUT2D eigenvalue weighted by Gasteiger charge is 2.12. The summed E-state index contributed by atoms with van der Waals surface area (Å²) in [6, 6.07) is 7.67. The first kappa shape index (κ1) is 16.0. The Bertz CT molecular complexity index is 383. The van der Waals surface area contributed by atoms with Gasteiger partial charge in [-0.15, -0.1) is 0 Å². The minimum absolute atomic E-state index is 0.145. The molecule has 1 rings (SSSR count). The minimum atomic E-state index is -0.502. The lowest BCUT2D eigenvalue weighted by atomic mass is 9.97. The Kier molecular flexibility index (Phi) is 5.83. The van der Waals surface area contributed by atoms with E-state index in [1.54, 1.807) is 0 Å². The van der Waals surface area contributed by atoms with Gasteiger partial charge in [0.05, 0.1) is 12.2 Å². The lowest BCUT2D eigenvalue weighted by Gasteiger charge is -2.21. The van der Waals surface area contributed by atoms with Crippen LogP contribution in [0.5, 0.6) is 5.75 Å². The van der Waals surface area contributed by atoms with Crippen LogP contribution in [0.1, 0.15) is 46.3 Å². The Morgan fingerprint density at radius 2 is 1.95 bits per heavy atom. The van der Waals surface area contributed by atoms with Gasteiger partial charge in [0.2, 0.25) is 0 Å². The molecule has 0 spiro atoms. The monoisotopic (exact) mass is 265 g/mol. The van der Waals surface area contributed by atoms with Crippen molar-refractivity contribution in [2.45, 2.75) is 46.8 Å². The topological polar surface area (TPSA) is 41.5 Å². The average Bonchev–Trinajstić information content (AvgIpc) is 2.26. The Morgan fingerprint density at radius 3 is 2.53 bits per heavy atom. The van der Waals surface area contributed by atoms with Crippen LogP contribution < -0.4 is 10.1 Å². The summed E-state index contributed by atoms with van der Waals surface area (Å²) in [6.07, 6.45) is -0.357. The van der Waals surface area contributed by atoms with E-state index in [9.17, 15) is 5.11 Å². The van der Waals surface area contributed by atoms with Crippen LogP contribution in [-0.4, -0.2) is 24.3 Å². The number of aliphatic hydroxyl groups excluding tert-OH is 1. The lowest BCUT2D eigenvalue weighted by Crippen LogP contribution is -2.30. The van der Waals surface area contributed by atoms with Gasteiger partial charge in [0.25, 0.3) is 0 Å². The maximum atomic E-state index is 10.2. The molecule has 108 valence electrons. The lowest BCUT2D eigenvalue weighted by molar-refractivity contribution is 0.168. The zero-order valence-corrected chi connectivity index (χ0v) is 12.7. The van der Waals surface area contributed by atoms with Crippen molar-refractivity contribution in [3.63, 3.8) is 0 Å². The van der Waals surface area contributed by atoms with Crippen molar-refractivity contribution in [1.82, 2.24) is 5.32 Å². The van der Waals surface area contributed by atoms with Crippen LogP contribution in [0, 0.1) is 5.41 Å². The smallest absolute Gasteiger partial charge is 0.120 e. The van der Waals surface area contributed by atoms with E-state index in [2.05, 4.69) is 26.1 Å². The van der Waals surface area contributed by atoms with Crippen molar-refractivity contribution in [2.24, 2.45) is 5.41 Å². The number of rotatable bonds is 6. The SMILES string of the molecule is CC(C)Oc1cccc(C(O)CNCC(C)(C)C)c1. The Morgan fingerprint density at radius 1 is 1.26 bits per heavy atom. The maximum absolute atomic E-state index is 10.2. The molecule has 19 heavy (non-hydrogen) atoms. The van der Waals surface area contributed by atoms with E-state index in [0.29, 0.717) is 6.54 Å². The molecule has 0 aliphatic carbocycles. The van der Waals surface area contributed by atoms with Crippen molar-refractivity contribution in [3.8, 4) is 5.75 Å². The van der Waals surface area contributed by atoms with Crippen molar-refractivity contribution in [1.29, 1.82) is 0 Å². The van der Waals surface area contributed by atoms with Crippen molar-refractivity contribution in [3.05, 3.63) is 29.8 Å². The molecule has 0 saturated heterocycles. The summed E-state index contributed by atoms with van der Waals surface area (Å²) in [7, 11) is 0. The number of ether oxygens (including phenoxy) is 1. The summed E-state index contributed by atoms with van der Waals surface area (Å²) in [6.45, 7) is 11.9. The van der Waals surface area contributed by atoms with E-state index >= 15 is 0 Å². The fourth-order valence-electron chi connectivity index (χ4n) is 1.77. The van der Waals surface area contributed by atoms with Crippen LogP contribution in [0.15, 0.2) is 24.3 Å². The second kappa shape index (κ2) is 6.92. The first-order valence-corrected chi connectivity index (χ1v) is 6.93. The Hall–Kier alpha value is -1.06. The molecule has 0 bridgehead atoms. The summed E-state index contributed by atoms with van der Waals surface area (Å²) in [5.74, 6) is 0.808. The molecule has 0 amide bonds. The molecule has 0 aliphatic rings. The molecule has 0 saturated carbocycles. The normalized spacial score (nSPS) is 13.6. The first-order chi connectivity index (χ1) is 8.78. The maximum Gasteiger partial charge on any atom is 0.120 e.